The largest absolute Gasteiger partial charge is 0.341 e. The molecule has 3 atom stereocenters. The molecule has 2 amide bonds. The zero-order chi connectivity index (χ0) is 18.0. The van der Waals surface area contributed by atoms with E-state index >= 15 is 0 Å². The smallest absolute Gasteiger partial charge is 0.255 e. The van der Waals surface area contributed by atoms with Gasteiger partial charge in [-0.2, -0.15) is 0 Å². The van der Waals surface area contributed by atoms with Crippen LogP contribution >= 0.6 is 35.8 Å². The Morgan fingerprint density at radius 1 is 1.31 bits per heavy atom. The number of carbonyl (C=O) groups excluding carboxylic acids is 2. The van der Waals surface area contributed by atoms with Gasteiger partial charge in [0.05, 0.1) is 5.88 Å². The minimum absolute atomic E-state index is 0. The molecule has 2 aliphatic rings. The molecule has 2 N–H and O–H groups in total. The molecule has 2 fully saturated rings. The highest BCUT2D eigenvalue weighted by molar-refractivity contribution is 7.99. The topological polar surface area (TPSA) is 66.6 Å². The quantitative estimate of drug-likeness (QED) is 0.820. The fraction of sp³-hybridized carbons (Fsp3) is 0.556. The number of benzene rings is 1. The highest BCUT2D eigenvalue weighted by Crippen LogP contribution is 2.27. The van der Waals surface area contributed by atoms with E-state index in [1.54, 1.807) is 40.9 Å². The lowest BCUT2D eigenvalue weighted by molar-refractivity contribution is -0.136. The van der Waals surface area contributed by atoms with Crippen molar-refractivity contribution in [3.05, 3.63) is 34.9 Å². The maximum Gasteiger partial charge on any atom is 0.255 e. The van der Waals surface area contributed by atoms with Crippen LogP contribution in [0.2, 0.25) is 5.02 Å². The first-order valence-corrected chi connectivity index (χ1v) is 10.2. The van der Waals surface area contributed by atoms with E-state index in [1.807, 2.05) is 11.8 Å². The fourth-order valence-corrected chi connectivity index (χ4v) is 4.73. The minimum atomic E-state index is -0.389. The standard InChI is InChI=1S/C18H24ClN3O2S.ClH/c1-12(20)14-3-2-8-21(9-14)18(24)16-10-25-11-22(16)17(23)13-4-6-15(19)7-5-13;/h4-7,12,14,16H,2-3,8-11,20H2,1H3;1H. The summed E-state index contributed by atoms with van der Waals surface area (Å²) >= 11 is 7.52. The first kappa shape index (κ1) is 21.4. The summed E-state index contributed by atoms with van der Waals surface area (Å²) in [6.45, 7) is 3.45. The molecule has 2 heterocycles. The van der Waals surface area contributed by atoms with Crippen LogP contribution in [0.3, 0.4) is 0 Å². The number of thioether (sulfide) groups is 1. The van der Waals surface area contributed by atoms with Crippen LogP contribution in [0.25, 0.3) is 0 Å². The fourth-order valence-electron chi connectivity index (χ4n) is 3.46. The van der Waals surface area contributed by atoms with Crippen LogP contribution in [0.1, 0.15) is 30.1 Å². The molecule has 3 rings (SSSR count). The van der Waals surface area contributed by atoms with Crippen LogP contribution in [0.5, 0.6) is 0 Å². The summed E-state index contributed by atoms with van der Waals surface area (Å²) in [5.74, 6) is 1.48. The molecule has 0 radical (unpaired) electrons. The molecule has 0 aromatic heterocycles. The van der Waals surface area contributed by atoms with Gasteiger partial charge in [0.25, 0.3) is 5.91 Å². The molecule has 1 aromatic rings. The number of piperidine rings is 1. The predicted octanol–water partition coefficient (Wildman–Crippen LogP) is 2.86. The Morgan fingerprint density at radius 2 is 2.00 bits per heavy atom. The van der Waals surface area contributed by atoms with Crippen LogP contribution in [0, 0.1) is 5.92 Å². The molecule has 8 heteroatoms. The van der Waals surface area contributed by atoms with Crippen molar-refractivity contribution in [1.29, 1.82) is 0 Å². The Bertz CT molecular complexity index is 642. The van der Waals surface area contributed by atoms with E-state index in [4.69, 9.17) is 17.3 Å². The van der Waals surface area contributed by atoms with E-state index in [-0.39, 0.29) is 36.3 Å². The monoisotopic (exact) mass is 417 g/mol. The van der Waals surface area contributed by atoms with Crippen LogP contribution < -0.4 is 5.73 Å². The Hall–Kier alpha value is -0.950. The van der Waals surface area contributed by atoms with Crippen molar-refractivity contribution in [3.8, 4) is 0 Å². The van der Waals surface area contributed by atoms with E-state index in [0.29, 0.717) is 34.7 Å². The summed E-state index contributed by atoms with van der Waals surface area (Å²) in [5.41, 5.74) is 6.60. The number of likely N-dealkylation sites (tertiary alicyclic amines) is 1. The molecular formula is C18H25Cl2N3O2S. The van der Waals surface area contributed by atoms with Crippen LogP contribution in [0.4, 0.5) is 0 Å². The predicted molar refractivity (Wildman–Crippen MR) is 109 cm³/mol. The van der Waals surface area contributed by atoms with Gasteiger partial charge in [0.2, 0.25) is 5.91 Å². The molecule has 2 aliphatic heterocycles. The first-order valence-electron chi connectivity index (χ1n) is 8.66. The number of rotatable bonds is 3. The van der Waals surface area contributed by atoms with E-state index in [1.165, 1.54) is 0 Å². The van der Waals surface area contributed by atoms with Crippen LogP contribution in [0.15, 0.2) is 24.3 Å². The maximum atomic E-state index is 13.0. The van der Waals surface area contributed by atoms with Crippen molar-refractivity contribution in [3.63, 3.8) is 0 Å². The molecule has 0 aliphatic carbocycles. The highest BCUT2D eigenvalue weighted by Gasteiger charge is 2.38. The highest BCUT2D eigenvalue weighted by atomic mass is 35.5. The zero-order valence-corrected chi connectivity index (χ0v) is 17.2. The van der Waals surface area contributed by atoms with Gasteiger partial charge in [0.15, 0.2) is 0 Å². The van der Waals surface area contributed by atoms with Gasteiger partial charge in [-0.3, -0.25) is 9.59 Å². The number of hydrogen-bond donors (Lipinski definition) is 1. The third-order valence-corrected chi connectivity index (χ3v) is 6.30. The number of nitrogens with zero attached hydrogens (tertiary/aromatic N) is 2. The Morgan fingerprint density at radius 3 is 2.65 bits per heavy atom. The van der Waals surface area contributed by atoms with Gasteiger partial charge >= 0.3 is 0 Å². The number of amides is 2. The molecule has 0 spiro atoms. The molecule has 0 saturated carbocycles. The molecule has 3 unspecified atom stereocenters. The van der Waals surface area contributed by atoms with Gasteiger partial charge in [0, 0.05) is 35.5 Å². The minimum Gasteiger partial charge on any atom is -0.341 e. The Balaban J connectivity index is 0.00000243. The van der Waals surface area contributed by atoms with E-state index < -0.39 is 0 Å². The van der Waals surface area contributed by atoms with E-state index in [2.05, 4.69) is 0 Å². The normalized spacial score (nSPS) is 24.1. The number of nitrogens with two attached hydrogens (primary N) is 1. The van der Waals surface area contributed by atoms with Crippen molar-refractivity contribution in [2.45, 2.75) is 31.8 Å². The summed E-state index contributed by atoms with van der Waals surface area (Å²) in [5, 5.41) is 0.593. The van der Waals surface area contributed by atoms with Crippen molar-refractivity contribution >= 4 is 47.6 Å². The van der Waals surface area contributed by atoms with Crippen molar-refractivity contribution in [2.75, 3.05) is 24.7 Å². The second-order valence-electron chi connectivity index (χ2n) is 6.84. The summed E-state index contributed by atoms with van der Waals surface area (Å²) in [4.78, 5) is 29.4. The van der Waals surface area contributed by atoms with E-state index in [9.17, 15) is 9.59 Å². The van der Waals surface area contributed by atoms with Gasteiger partial charge in [-0.15, -0.1) is 24.2 Å². The van der Waals surface area contributed by atoms with Crippen molar-refractivity contribution in [2.24, 2.45) is 11.7 Å². The summed E-state index contributed by atoms with van der Waals surface area (Å²) < 4.78 is 0. The van der Waals surface area contributed by atoms with Crippen LogP contribution in [-0.4, -0.2) is 58.4 Å². The molecule has 2 saturated heterocycles. The molecular weight excluding hydrogens is 393 g/mol. The number of carbonyl (C=O) groups is 2. The zero-order valence-electron chi connectivity index (χ0n) is 14.8. The molecule has 0 bridgehead atoms. The summed E-state index contributed by atoms with van der Waals surface area (Å²) in [6, 6.07) is 6.52. The van der Waals surface area contributed by atoms with Gasteiger partial charge < -0.3 is 15.5 Å². The third-order valence-electron chi connectivity index (χ3n) is 5.03. The first-order chi connectivity index (χ1) is 12.0. The summed E-state index contributed by atoms with van der Waals surface area (Å²) in [7, 11) is 0. The molecule has 5 nitrogen and oxygen atoms in total. The SMILES string of the molecule is CC(N)C1CCCN(C(=O)C2CSCN2C(=O)c2ccc(Cl)cc2)C1.Cl. The van der Waals surface area contributed by atoms with Gasteiger partial charge in [-0.1, -0.05) is 11.6 Å². The molecule has 1 aromatic carbocycles. The average Bonchev–Trinajstić information content (AvgIpc) is 3.11. The molecule has 26 heavy (non-hydrogen) atoms. The van der Waals surface area contributed by atoms with Gasteiger partial charge in [-0.05, 0) is 49.9 Å². The second-order valence-corrected chi connectivity index (χ2v) is 8.28. The lowest BCUT2D eigenvalue weighted by Gasteiger charge is -2.37. The van der Waals surface area contributed by atoms with Gasteiger partial charge in [0.1, 0.15) is 6.04 Å². The van der Waals surface area contributed by atoms with Crippen molar-refractivity contribution < 1.29 is 9.59 Å². The lowest BCUT2D eigenvalue weighted by Crippen LogP contribution is -2.53. The maximum absolute atomic E-state index is 13.0. The number of halogens is 2. The average molecular weight is 418 g/mol. The van der Waals surface area contributed by atoms with Gasteiger partial charge in [-0.25, -0.2) is 0 Å². The van der Waals surface area contributed by atoms with E-state index in [0.717, 1.165) is 19.4 Å². The van der Waals surface area contributed by atoms with Crippen LogP contribution in [-0.2, 0) is 4.79 Å². The Labute approximate surface area is 170 Å². The number of hydrogen-bond acceptors (Lipinski definition) is 4. The Kier molecular flexibility index (Phi) is 7.64. The second kappa shape index (κ2) is 9.31. The summed E-state index contributed by atoms with van der Waals surface area (Å²) in [6.07, 6.45) is 2.04. The van der Waals surface area contributed by atoms with Crippen molar-refractivity contribution in [1.82, 2.24) is 9.80 Å². The molecule has 144 valence electrons. The lowest BCUT2D eigenvalue weighted by atomic mass is 9.92. The third kappa shape index (κ3) is 4.66.